The summed E-state index contributed by atoms with van der Waals surface area (Å²) in [5.41, 5.74) is 0. The van der Waals surface area contributed by atoms with Crippen molar-refractivity contribution in [2.24, 2.45) is 0 Å². The van der Waals surface area contributed by atoms with Crippen LogP contribution in [0.2, 0.25) is 0 Å². The fraction of sp³-hybridized carbons (Fsp3) is 0.778. The van der Waals surface area contributed by atoms with E-state index in [4.69, 9.17) is 10.2 Å². The molecule has 0 rings (SSSR count). The fourth-order valence-electron chi connectivity index (χ4n) is 2.47. The minimum atomic E-state index is -1.21. The van der Waals surface area contributed by atoms with Crippen LogP contribution in [0.3, 0.4) is 0 Å². The summed E-state index contributed by atoms with van der Waals surface area (Å²) >= 11 is 3.65. The summed E-state index contributed by atoms with van der Waals surface area (Å²) in [7, 11) is 0. The van der Waals surface area contributed by atoms with Gasteiger partial charge in [0.15, 0.2) is 0 Å². The molecule has 28 heavy (non-hydrogen) atoms. The second-order valence-corrected chi connectivity index (χ2v) is 8.63. The van der Waals surface area contributed by atoms with Crippen LogP contribution in [0.25, 0.3) is 0 Å². The van der Waals surface area contributed by atoms with Crippen molar-refractivity contribution >= 4 is 47.3 Å². The average Bonchev–Trinajstić information content (AvgIpc) is 2.64. The minimum Gasteiger partial charge on any atom is -0.481 e. The van der Waals surface area contributed by atoms with Crippen LogP contribution in [-0.2, 0) is 19.2 Å². The number of nitrogens with one attached hydrogen (secondary N) is 2. The number of aliphatic carboxylic acids is 2. The van der Waals surface area contributed by atoms with E-state index in [0.717, 1.165) is 25.0 Å². The maximum absolute atomic E-state index is 12.2. The lowest BCUT2D eigenvalue weighted by Crippen LogP contribution is -2.50. The molecule has 4 N–H and O–H groups in total. The number of carboxylic acid groups (broad SMARTS) is 2. The van der Waals surface area contributed by atoms with Gasteiger partial charge in [0.2, 0.25) is 11.8 Å². The monoisotopic (exact) mass is 436 g/mol. The van der Waals surface area contributed by atoms with E-state index in [1.54, 1.807) is 0 Å². The summed E-state index contributed by atoms with van der Waals surface area (Å²) in [6, 6.07) is -2.19. The molecule has 162 valence electrons. The van der Waals surface area contributed by atoms with Crippen LogP contribution >= 0.6 is 23.5 Å². The molecular formula is C18H32N2O6S2. The standard InChI is InChI=1S/C18H32N2O6S2/c1-12(18(25)26)19-17(24)14(8-9-16(22)23)20-15(21)7-5-4-6-13(28-3)10-11-27-2/h12-14H,4-11H2,1-3H3,(H,19,24)(H,20,21)(H,22,23)(H,25,26)/t12-,13?,14-/m0/s1. The van der Waals surface area contributed by atoms with Crippen LogP contribution in [0.5, 0.6) is 0 Å². The molecule has 8 nitrogen and oxygen atoms in total. The van der Waals surface area contributed by atoms with Crippen LogP contribution < -0.4 is 10.6 Å². The highest BCUT2D eigenvalue weighted by molar-refractivity contribution is 7.99. The Morgan fingerprint density at radius 3 is 2.14 bits per heavy atom. The first-order valence-corrected chi connectivity index (χ1v) is 12.0. The molecule has 0 heterocycles. The molecule has 0 radical (unpaired) electrons. The second-order valence-electron chi connectivity index (χ2n) is 6.51. The zero-order valence-corrected chi connectivity index (χ0v) is 18.4. The van der Waals surface area contributed by atoms with E-state index < -0.39 is 29.9 Å². The van der Waals surface area contributed by atoms with Crippen molar-refractivity contribution in [3.63, 3.8) is 0 Å². The first-order valence-electron chi connectivity index (χ1n) is 9.27. The Balaban J connectivity index is 4.47. The van der Waals surface area contributed by atoms with Crippen molar-refractivity contribution in [3.05, 3.63) is 0 Å². The summed E-state index contributed by atoms with van der Waals surface area (Å²) in [6.07, 6.45) is 7.75. The van der Waals surface area contributed by atoms with Crippen LogP contribution in [-0.4, -0.2) is 69.6 Å². The molecule has 0 aliphatic rings. The molecule has 0 aromatic heterocycles. The number of carbonyl (C=O) groups is 4. The van der Waals surface area contributed by atoms with Gasteiger partial charge in [-0.15, -0.1) is 0 Å². The molecule has 0 aromatic rings. The van der Waals surface area contributed by atoms with Crippen molar-refractivity contribution in [2.45, 2.75) is 69.2 Å². The zero-order valence-electron chi connectivity index (χ0n) is 16.7. The highest BCUT2D eigenvalue weighted by atomic mass is 32.2. The number of unbranched alkanes of at least 4 members (excludes halogenated alkanes) is 1. The van der Waals surface area contributed by atoms with E-state index in [2.05, 4.69) is 23.1 Å². The Kier molecular flexibility index (Phi) is 14.7. The van der Waals surface area contributed by atoms with Gasteiger partial charge in [-0.25, -0.2) is 0 Å². The number of amides is 2. The smallest absolute Gasteiger partial charge is 0.325 e. The van der Waals surface area contributed by atoms with Gasteiger partial charge in [0.1, 0.15) is 12.1 Å². The van der Waals surface area contributed by atoms with Crippen LogP contribution in [0.15, 0.2) is 0 Å². The molecule has 0 saturated carbocycles. The Labute approximate surface area is 175 Å². The predicted octanol–water partition coefficient (Wildman–Crippen LogP) is 1.97. The number of thioether (sulfide) groups is 2. The van der Waals surface area contributed by atoms with E-state index in [-0.39, 0.29) is 25.2 Å². The Hall–Kier alpha value is -1.42. The van der Waals surface area contributed by atoms with Gasteiger partial charge in [-0.3, -0.25) is 19.2 Å². The van der Waals surface area contributed by atoms with E-state index in [9.17, 15) is 19.2 Å². The van der Waals surface area contributed by atoms with Crippen molar-refractivity contribution in [2.75, 3.05) is 18.3 Å². The van der Waals surface area contributed by atoms with Crippen LogP contribution in [0.1, 0.15) is 51.9 Å². The first-order chi connectivity index (χ1) is 13.2. The maximum atomic E-state index is 12.2. The molecular weight excluding hydrogens is 404 g/mol. The van der Waals surface area contributed by atoms with Crippen molar-refractivity contribution in [3.8, 4) is 0 Å². The van der Waals surface area contributed by atoms with Crippen molar-refractivity contribution < 1.29 is 29.4 Å². The van der Waals surface area contributed by atoms with Crippen LogP contribution in [0, 0.1) is 0 Å². The zero-order chi connectivity index (χ0) is 21.5. The molecule has 0 aromatic carbocycles. The van der Waals surface area contributed by atoms with Gasteiger partial charge < -0.3 is 20.8 Å². The van der Waals surface area contributed by atoms with E-state index in [1.807, 2.05) is 23.5 Å². The molecule has 0 spiro atoms. The molecule has 3 atom stereocenters. The third kappa shape index (κ3) is 12.9. The number of carboxylic acids is 2. The van der Waals surface area contributed by atoms with Crippen LogP contribution in [0.4, 0.5) is 0 Å². The van der Waals surface area contributed by atoms with Crippen molar-refractivity contribution in [1.29, 1.82) is 0 Å². The van der Waals surface area contributed by atoms with Gasteiger partial charge in [0.25, 0.3) is 0 Å². The molecule has 0 saturated heterocycles. The number of hydrogen-bond donors (Lipinski definition) is 4. The van der Waals surface area contributed by atoms with Gasteiger partial charge in [-0.2, -0.15) is 23.5 Å². The Morgan fingerprint density at radius 1 is 0.929 bits per heavy atom. The third-order valence-corrected chi connectivity index (χ3v) is 5.97. The maximum Gasteiger partial charge on any atom is 0.325 e. The van der Waals surface area contributed by atoms with Gasteiger partial charge in [-0.05, 0) is 50.9 Å². The largest absolute Gasteiger partial charge is 0.481 e. The topological polar surface area (TPSA) is 133 Å². The minimum absolute atomic E-state index is 0.0948. The number of hydrogen-bond acceptors (Lipinski definition) is 6. The molecule has 0 aliphatic heterocycles. The highest BCUT2D eigenvalue weighted by Gasteiger charge is 2.24. The average molecular weight is 437 g/mol. The summed E-state index contributed by atoms with van der Waals surface area (Å²) < 4.78 is 0. The molecule has 0 aliphatic carbocycles. The Bertz CT molecular complexity index is 518. The Morgan fingerprint density at radius 2 is 1.61 bits per heavy atom. The summed E-state index contributed by atoms with van der Waals surface area (Å²) in [5, 5.41) is 23.1. The lowest BCUT2D eigenvalue weighted by atomic mass is 10.1. The first kappa shape index (κ1) is 26.6. The van der Waals surface area contributed by atoms with Gasteiger partial charge >= 0.3 is 11.9 Å². The normalized spacial score (nSPS) is 14.0. The lowest BCUT2D eigenvalue weighted by molar-refractivity contribution is -0.142. The van der Waals surface area contributed by atoms with Gasteiger partial charge in [-0.1, -0.05) is 6.42 Å². The van der Waals surface area contributed by atoms with Gasteiger partial charge in [0.05, 0.1) is 0 Å². The van der Waals surface area contributed by atoms with E-state index in [1.165, 1.54) is 6.92 Å². The SMILES string of the molecule is CSCCC(CCCCC(=O)N[C@@H](CCC(=O)O)C(=O)N[C@@H](C)C(=O)O)SC. The molecule has 0 fully saturated rings. The predicted molar refractivity (Wildman–Crippen MR) is 113 cm³/mol. The van der Waals surface area contributed by atoms with Crippen molar-refractivity contribution in [1.82, 2.24) is 10.6 Å². The second kappa shape index (κ2) is 15.5. The summed E-state index contributed by atoms with van der Waals surface area (Å²) in [5.74, 6) is -2.21. The summed E-state index contributed by atoms with van der Waals surface area (Å²) in [4.78, 5) is 46.0. The molecule has 1 unspecified atom stereocenters. The quantitative estimate of drug-likeness (QED) is 0.270. The molecule has 2 amide bonds. The highest BCUT2D eigenvalue weighted by Crippen LogP contribution is 2.20. The van der Waals surface area contributed by atoms with E-state index in [0.29, 0.717) is 11.7 Å². The van der Waals surface area contributed by atoms with Gasteiger partial charge in [0, 0.05) is 18.1 Å². The van der Waals surface area contributed by atoms with E-state index >= 15 is 0 Å². The summed E-state index contributed by atoms with van der Waals surface area (Å²) in [6.45, 7) is 1.30. The molecule has 0 bridgehead atoms. The number of carbonyl (C=O) groups excluding carboxylic acids is 2. The fourth-order valence-corrected chi connectivity index (χ4v) is 3.89. The third-order valence-electron chi connectivity index (χ3n) is 4.18. The lowest BCUT2D eigenvalue weighted by Gasteiger charge is -2.19. The number of rotatable bonds is 16. The molecule has 10 heteroatoms.